The highest BCUT2D eigenvalue weighted by Gasteiger charge is 2.23. The lowest BCUT2D eigenvalue weighted by molar-refractivity contribution is 0.0697. The van der Waals surface area contributed by atoms with Crippen LogP contribution in [-0.2, 0) is 13.2 Å². The van der Waals surface area contributed by atoms with E-state index in [4.69, 9.17) is 26.0 Å². The van der Waals surface area contributed by atoms with Crippen LogP contribution in [0, 0.1) is 5.41 Å². The highest BCUT2D eigenvalue weighted by molar-refractivity contribution is 6.09. The largest absolute Gasteiger partial charge is 0.478 e. The summed E-state index contributed by atoms with van der Waals surface area (Å²) in [5.41, 5.74) is 16.1. The second-order valence-electron chi connectivity index (χ2n) is 10.1. The third-order valence-corrected chi connectivity index (χ3v) is 7.03. The lowest BCUT2D eigenvalue weighted by atomic mass is 9.89. The molecule has 2 heterocycles. The molecule has 11 nitrogen and oxygen atoms in total. The van der Waals surface area contributed by atoms with Gasteiger partial charge < -0.3 is 36.5 Å². The van der Waals surface area contributed by atoms with Crippen molar-refractivity contribution in [1.82, 2.24) is 15.3 Å². The molecule has 0 saturated carbocycles. The highest BCUT2D eigenvalue weighted by Crippen LogP contribution is 2.42. The molecular formula is C33H26N6O5. The Morgan fingerprint density at radius 1 is 0.909 bits per heavy atom. The summed E-state index contributed by atoms with van der Waals surface area (Å²) >= 11 is 0. The van der Waals surface area contributed by atoms with E-state index in [1.807, 2.05) is 24.3 Å². The number of nitrogens with two attached hydrogens (primary N) is 2. The summed E-state index contributed by atoms with van der Waals surface area (Å²) in [6.07, 6.45) is 1.52. The van der Waals surface area contributed by atoms with E-state index in [0.717, 1.165) is 11.1 Å². The summed E-state index contributed by atoms with van der Waals surface area (Å²) in [6.45, 7) is 0.497. The lowest BCUT2D eigenvalue weighted by Gasteiger charge is -2.18. The molecule has 218 valence electrons. The Bertz CT molecular complexity index is 2070. The summed E-state index contributed by atoms with van der Waals surface area (Å²) in [4.78, 5) is 33.7. The van der Waals surface area contributed by atoms with Gasteiger partial charge in [-0.2, -0.15) is 4.98 Å². The molecule has 0 fully saturated rings. The number of aromatic carboxylic acids is 1. The van der Waals surface area contributed by atoms with Crippen molar-refractivity contribution in [3.8, 4) is 28.5 Å². The number of carbonyl (C=O) groups excluding carboxylic acids is 1. The number of hydrogen-bond donors (Lipinski definition) is 5. The first-order valence-corrected chi connectivity index (χ1v) is 13.5. The van der Waals surface area contributed by atoms with E-state index < -0.39 is 5.97 Å². The number of carboxylic acids is 1. The van der Waals surface area contributed by atoms with Gasteiger partial charge in [0.05, 0.1) is 10.9 Å². The second-order valence-corrected chi connectivity index (χ2v) is 10.1. The molecule has 11 heteroatoms. The molecule has 0 saturated heterocycles. The van der Waals surface area contributed by atoms with Crippen LogP contribution in [0.4, 0.5) is 11.5 Å². The van der Waals surface area contributed by atoms with Crippen molar-refractivity contribution in [2.24, 2.45) is 0 Å². The van der Waals surface area contributed by atoms with Gasteiger partial charge in [-0.25, -0.2) is 9.78 Å². The topological polar surface area (TPSA) is 190 Å². The van der Waals surface area contributed by atoms with E-state index in [1.165, 1.54) is 18.3 Å². The van der Waals surface area contributed by atoms with Gasteiger partial charge in [0.25, 0.3) is 5.91 Å². The fourth-order valence-corrected chi connectivity index (χ4v) is 4.88. The zero-order valence-corrected chi connectivity index (χ0v) is 23.2. The lowest BCUT2D eigenvalue weighted by Crippen LogP contribution is -2.23. The predicted octanol–water partition coefficient (Wildman–Crippen LogP) is 4.85. The zero-order chi connectivity index (χ0) is 30.8. The fraction of sp³-hybridized carbons (Fsp3) is 0.0606. The third kappa shape index (κ3) is 5.74. The minimum atomic E-state index is -1.15. The maximum atomic E-state index is 13.3. The normalized spacial score (nSPS) is 11.0. The van der Waals surface area contributed by atoms with Crippen LogP contribution in [0.5, 0.6) is 6.01 Å². The first kappa shape index (κ1) is 27.9. The average Bonchev–Trinajstić information content (AvgIpc) is 3.01. The fourth-order valence-electron chi connectivity index (χ4n) is 4.88. The second kappa shape index (κ2) is 11.6. The van der Waals surface area contributed by atoms with Gasteiger partial charge in [-0.15, -0.1) is 0 Å². The number of fused-ring (bicyclic) bond motifs is 2. The number of nitrogens with zero attached hydrogens (tertiary/aromatic N) is 2. The minimum Gasteiger partial charge on any atom is -0.478 e. The van der Waals surface area contributed by atoms with Crippen LogP contribution in [0.3, 0.4) is 0 Å². The van der Waals surface area contributed by atoms with Crippen LogP contribution in [0.15, 0.2) is 95.5 Å². The van der Waals surface area contributed by atoms with Crippen LogP contribution in [0.1, 0.15) is 31.8 Å². The van der Waals surface area contributed by atoms with E-state index >= 15 is 0 Å². The Morgan fingerprint density at radius 2 is 1.70 bits per heavy atom. The molecule has 2 aliphatic rings. The Labute approximate surface area is 250 Å². The third-order valence-electron chi connectivity index (χ3n) is 7.03. The van der Waals surface area contributed by atoms with Crippen molar-refractivity contribution in [3.63, 3.8) is 0 Å². The molecule has 0 atom stereocenters. The van der Waals surface area contributed by atoms with Crippen LogP contribution in [-0.4, -0.2) is 27.0 Å². The molecule has 6 rings (SSSR count). The van der Waals surface area contributed by atoms with Gasteiger partial charge in [0, 0.05) is 52.6 Å². The van der Waals surface area contributed by atoms with Gasteiger partial charge in [-0.1, -0.05) is 24.3 Å². The van der Waals surface area contributed by atoms with Crippen molar-refractivity contribution in [2.45, 2.75) is 13.2 Å². The van der Waals surface area contributed by atoms with Crippen LogP contribution in [0.2, 0.25) is 0 Å². The zero-order valence-electron chi connectivity index (χ0n) is 23.2. The number of rotatable bonds is 8. The van der Waals surface area contributed by atoms with E-state index in [2.05, 4.69) is 15.3 Å². The van der Waals surface area contributed by atoms with Crippen molar-refractivity contribution in [1.29, 1.82) is 5.41 Å². The molecule has 7 N–H and O–H groups in total. The number of nitrogen functional groups attached to an aromatic ring is 2. The van der Waals surface area contributed by atoms with Gasteiger partial charge in [0.15, 0.2) is 0 Å². The number of hydrogen-bond acceptors (Lipinski definition) is 9. The Hall–Kier alpha value is -6.23. The number of aromatic nitrogens is 2. The highest BCUT2D eigenvalue weighted by atomic mass is 16.5. The average molecular weight is 587 g/mol. The number of carboxylic acid groups (broad SMARTS) is 1. The summed E-state index contributed by atoms with van der Waals surface area (Å²) < 4.78 is 11.6. The molecular weight excluding hydrogens is 560 g/mol. The first-order valence-electron chi connectivity index (χ1n) is 13.5. The van der Waals surface area contributed by atoms with Crippen molar-refractivity contribution in [3.05, 3.63) is 119 Å². The molecule has 44 heavy (non-hydrogen) atoms. The van der Waals surface area contributed by atoms with Crippen molar-refractivity contribution < 1.29 is 23.8 Å². The molecule has 0 bridgehead atoms. The monoisotopic (exact) mass is 586 g/mol. The van der Waals surface area contributed by atoms with Crippen LogP contribution >= 0.6 is 0 Å². The van der Waals surface area contributed by atoms with Gasteiger partial charge in [0.1, 0.15) is 23.8 Å². The number of anilines is 2. The van der Waals surface area contributed by atoms with Crippen LogP contribution in [0.25, 0.3) is 33.4 Å². The SMILES string of the molecule is N=c1ccc2c(-c3cc(C(=O)NCc4ccc(COc5nccc(N)n5)cc4)ccc3C(=O)O)c3ccc(N)cc3oc-2c1. The summed E-state index contributed by atoms with van der Waals surface area (Å²) in [7, 11) is 0. The van der Waals surface area contributed by atoms with Crippen LogP contribution < -0.4 is 26.9 Å². The number of nitrogens with one attached hydrogen (secondary N) is 2. The molecule has 0 unspecified atom stereocenters. The molecule has 0 spiro atoms. The number of amides is 1. The standard InChI is InChI=1S/C33H26N6O5/c34-21-6-9-24-27(14-21)44-28-15-22(35)7-10-25(28)30(24)26-13-20(5-8-23(26)32(41)42)31(40)38-16-18-1-3-19(4-2-18)17-43-33-37-12-11-29(36)39-33/h1-15,34H,16-17,35H2,(H,38,40)(H,41,42)(H2,36,37,39). The number of ether oxygens (including phenoxy) is 1. The Balaban J connectivity index is 1.27. The molecule has 4 aromatic rings. The molecule has 0 radical (unpaired) electrons. The first-order chi connectivity index (χ1) is 21.2. The number of carbonyl (C=O) groups is 2. The van der Waals surface area contributed by atoms with Gasteiger partial charge in [-0.05, 0) is 65.2 Å². The Morgan fingerprint density at radius 3 is 2.48 bits per heavy atom. The summed E-state index contributed by atoms with van der Waals surface area (Å²) in [5.74, 6) is -0.805. The van der Waals surface area contributed by atoms with Crippen molar-refractivity contribution >= 4 is 34.4 Å². The van der Waals surface area contributed by atoms with E-state index in [9.17, 15) is 14.7 Å². The van der Waals surface area contributed by atoms with Gasteiger partial charge >= 0.3 is 12.0 Å². The van der Waals surface area contributed by atoms with E-state index in [1.54, 1.807) is 48.5 Å². The smallest absolute Gasteiger partial charge is 0.336 e. The Kier molecular flexibility index (Phi) is 7.34. The van der Waals surface area contributed by atoms with Gasteiger partial charge in [0.2, 0.25) is 0 Å². The van der Waals surface area contributed by atoms with E-state index in [-0.39, 0.29) is 41.6 Å². The minimum absolute atomic E-state index is 0.0171. The van der Waals surface area contributed by atoms with Gasteiger partial charge in [-0.3, -0.25) is 4.79 Å². The summed E-state index contributed by atoms with van der Waals surface area (Å²) in [6, 6.07) is 23.7. The van der Waals surface area contributed by atoms with Crippen molar-refractivity contribution in [2.75, 3.05) is 11.5 Å². The molecule has 1 aliphatic heterocycles. The van der Waals surface area contributed by atoms with E-state index in [0.29, 0.717) is 44.9 Å². The number of benzene rings is 4. The quantitative estimate of drug-likeness (QED) is 0.123. The maximum Gasteiger partial charge on any atom is 0.336 e. The molecule has 3 aromatic carbocycles. The predicted molar refractivity (Wildman–Crippen MR) is 164 cm³/mol. The molecule has 1 aliphatic carbocycles. The molecule has 1 amide bonds. The maximum absolute atomic E-state index is 13.3. The summed E-state index contributed by atoms with van der Waals surface area (Å²) in [5, 5.41) is 21.9. The molecule has 1 aromatic heterocycles.